The summed E-state index contributed by atoms with van der Waals surface area (Å²) < 4.78 is 19.3. The maximum absolute atomic E-state index is 13.5. The van der Waals surface area contributed by atoms with E-state index < -0.39 is 11.7 Å². The topological polar surface area (TPSA) is 38.3 Å². The van der Waals surface area contributed by atoms with Crippen LogP contribution < -0.4 is 10.1 Å². The van der Waals surface area contributed by atoms with Gasteiger partial charge < -0.3 is 10.1 Å². The highest BCUT2D eigenvalue weighted by Gasteiger charge is 2.08. The van der Waals surface area contributed by atoms with Crippen molar-refractivity contribution in [1.29, 1.82) is 0 Å². The van der Waals surface area contributed by atoms with Gasteiger partial charge in [0.05, 0.1) is 0 Å². The van der Waals surface area contributed by atoms with Gasteiger partial charge in [-0.3, -0.25) is 4.79 Å². The molecular formula is C16H11BrFNO2. The normalized spacial score (nSPS) is 9.76. The number of rotatable bonds is 4. The summed E-state index contributed by atoms with van der Waals surface area (Å²) in [7, 11) is 0. The van der Waals surface area contributed by atoms with E-state index in [-0.39, 0.29) is 12.4 Å². The van der Waals surface area contributed by atoms with E-state index in [4.69, 9.17) is 11.2 Å². The minimum absolute atomic E-state index is 0.0192. The average molecular weight is 348 g/mol. The van der Waals surface area contributed by atoms with Gasteiger partial charge in [0.15, 0.2) is 18.2 Å². The second kappa shape index (κ2) is 6.91. The zero-order valence-corrected chi connectivity index (χ0v) is 12.5. The fourth-order valence-electron chi connectivity index (χ4n) is 1.62. The van der Waals surface area contributed by atoms with Gasteiger partial charge in [0.25, 0.3) is 5.91 Å². The Hall–Kier alpha value is -2.32. The zero-order chi connectivity index (χ0) is 15.2. The third kappa shape index (κ3) is 4.33. The van der Waals surface area contributed by atoms with Crippen LogP contribution in [0.4, 0.5) is 10.1 Å². The Kier molecular flexibility index (Phi) is 4.96. The van der Waals surface area contributed by atoms with Crippen molar-refractivity contribution in [3.05, 3.63) is 58.3 Å². The number of halogens is 2. The van der Waals surface area contributed by atoms with Crippen LogP contribution in [0.15, 0.2) is 46.9 Å². The molecule has 0 spiro atoms. The Bertz CT molecular complexity index is 710. The van der Waals surface area contributed by atoms with Crippen molar-refractivity contribution in [1.82, 2.24) is 0 Å². The molecule has 0 saturated heterocycles. The van der Waals surface area contributed by atoms with Gasteiger partial charge in [0.1, 0.15) is 0 Å². The molecule has 2 rings (SSSR count). The Morgan fingerprint density at radius 2 is 2.14 bits per heavy atom. The van der Waals surface area contributed by atoms with Crippen molar-refractivity contribution in [2.75, 3.05) is 11.9 Å². The summed E-state index contributed by atoms with van der Waals surface area (Å²) in [6.45, 7) is -0.293. The number of ether oxygens (including phenoxy) is 1. The lowest BCUT2D eigenvalue weighted by Gasteiger charge is -2.08. The summed E-state index contributed by atoms with van der Waals surface area (Å²) in [4.78, 5) is 11.7. The highest BCUT2D eigenvalue weighted by atomic mass is 79.9. The minimum atomic E-state index is -0.536. The van der Waals surface area contributed by atoms with Crippen LogP contribution in [0.3, 0.4) is 0 Å². The summed E-state index contributed by atoms with van der Waals surface area (Å²) in [5.74, 6) is 1.56. The number of anilines is 1. The van der Waals surface area contributed by atoms with Crippen LogP contribution in [0.25, 0.3) is 0 Å². The summed E-state index contributed by atoms with van der Waals surface area (Å²) in [5.41, 5.74) is 1.23. The first-order chi connectivity index (χ1) is 10.1. The van der Waals surface area contributed by atoms with Crippen LogP contribution in [-0.2, 0) is 4.79 Å². The SMILES string of the molecule is C#Cc1cccc(NC(=O)COc2ccc(Br)cc2F)c1. The van der Waals surface area contributed by atoms with Gasteiger partial charge in [-0.2, -0.15) is 0 Å². The maximum Gasteiger partial charge on any atom is 0.262 e. The molecule has 0 aliphatic rings. The van der Waals surface area contributed by atoms with Crippen molar-refractivity contribution in [3.63, 3.8) is 0 Å². The Morgan fingerprint density at radius 3 is 2.86 bits per heavy atom. The molecule has 0 heterocycles. The van der Waals surface area contributed by atoms with Crippen LogP contribution in [0.5, 0.6) is 5.75 Å². The number of carbonyl (C=O) groups excluding carboxylic acids is 1. The zero-order valence-electron chi connectivity index (χ0n) is 10.9. The molecule has 0 aliphatic carbocycles. The monoisotopic (exact) mass is 347 g/mol. The molecule has 106 valence electrons. The van der Waals surface area contributed by atoms with E-state index in [0.717, 1.165) is 0 Å². The Labute approximate surface area is 130 Å². The van der Waals surface area contributed by atoms with Gasteiger partial charge >= 0.3 is 0 Å². The van der Waals surface area contributed by atoms with E-state index in [2.05, 4.69) is 27.2 Å². The number of carbonyl (C=O) groups is 1. The lowest BCUT2D eigenvalue weighted by atomic mass is 10.2. The van der Waals surface area contributed by atoms with E-state index >= 15 is 0 Å². The molecule has 0 saturated carbocycles. The number of amides is 1. The Balaban J connectivity index is 1.94. The standard InChI is InChI=1S/C16H11BrFNO2/c1-2-11-4-3-5-13(8-11)19-16(20)10-21-15-7-6-12(17)9-14(15)18/h1,3-9H,10H2,(H,19,20). The molecule has 0 atom stereocenters. The van der Waals surface area contributed by atoms with Gasteiger partial charge in [-0.05, 0) is 36.4 Å². The van der Waals surface area contributed by atoms with E-state index in [1.54, 1.807) is 30.3 Å². The van der Waals surface area contributed by atoms with Crippen molar-refractivity contribution < 1.29 is 13.9 Å². The number of terminal acetylenes is 1. The highest BCUT2D eigenvalue weighted by molar-refractivity contribution is 9.10. The molecule has 3 nitrogen and oxygen atoms in total. The number of benzene rings is 2. The predicted molar refractivity (Wildman–Crippen MR) is 82.6 cm³/mol. The van der Waals surface area contributed by atoms with Crippen LogP contribution in [0.1, 0.15) is 5.56 Å². The average Bonchev–Trinajstić information content (AvgIpc) is 2.46. The molecule has 0 radical (unpaired) electrons. The molecule has 5 heteroatoms. The first-order valence-electron chi connectivity index (χ1n) is 6.03. The molecule has 0 fully saturated rings. The molecule has 1 N–H and O–H groups in total. The molecule has 0 unspecified atom stereocenters. The molecule has 1 amide bonds. The number of hydrogen-bond acceptors (Lipinski definition) is 2. The fraction of sp³-hybridized carbons (Fsp3) is 0.0625. The van der Waals surface area contributed by atoms with Crippen molar-refractivity contribution in [2.24, 2.45) is 0 Å². The first kappa shape index (κ1) is 15.1. The van der Waals surface area contributed by atoms with Gasteiger partial charge in [0, 0.05) is 15.7 Å². The van der Waals surface area contributed by atoms with Gasteiger partial charge in [-0.15, -0.1) is 6.42 Å². The molecular weight excluding hydrogens is 337 g/mol. The van der Waals surface area contributed by atoms with Crippen LogP contribution in [0.2, 0.25) is 0 Å². The maximum atomic E-state index is 13.5. The van der Waals surface area contributed by atoms with Crippen LogP contribution in [-0.4, -0.2) is 12.5 Å². The van der Waals surface area contributed by atoms with Crippen LogP contribution >= 0.6 is 15.9 Å². The van der Waals surface area contributed by atoms with Gasteiger partial charge in [0.2, 0.25) is 0 Å². The lowest BCUT2D eigenvalue weighted by Crippen LogP contribution is -2.20. The van der Waals surface area contributed by atoms with Crippen molar-refractivity contribution >= 4 is 27.5 Å². The Morgan fingerprint density at radius 1 is 1.33 bits per heavy atom. The lowest BCUT2D eigenvalue weighted by molar-refractivity contribution is -0.118. The highest BCUT2D eigenvalue weighted by Crippen LogP contribution is 2.21. The van der Waals surface area contributed by atoms with Gasteiger partial charge in [-0.25, -0.2) is 4.39 Å². The smallest absolute Gasteiger partial charge is 0.262 e. The minimum Gasteiger partial charge on any atom is -0.481 e. The number of nitrogens with one attached hydrogen (secondary N) is 1. The fourth-order valence-corrected chi connectivity index (χ4v) is 1.95. The summed E-state index contributed by atoms with van der Waals surface area (Å²) in [6, 6.07) is 11.2. The summed E-state index contributed by atoms with van der Waals surface area (Å²) in [6.07, 6.45) is 5.28. The molecule has 21 heavy (non-hydrogen) atoms. The van der Waals surface area contributed by atoms with Crippen molar-refractivity contribution in [3.8, 4) is 18.1 Å². The molecule has 0 aliphatic heterocycles. The first-order valence-corrected chi connectivity index (χ1v) is 6.82. The number of hydrogen-bond donors (Lipinski definition) is 1. The van der Waals surface area contributed by atoms with E-state index in [0.29, 0.717) is 15.7 Å². The van der Waals surface area contributed by atoms with Gasteiger partial charge in [-0.1, -0.05) is 27.9 Å². The predicted octanol–water partition coefficient (Wildman–Crippen LogP) is 3.59. The van der Waals surface area contributed by atoms with Crippen LogP contribution in [0, 0.1) is 18.2 Å². The molecule has 0 bridgehead atoms. The summed E-state index contributed by atoms with van der Waals surface area (Å²) >= 11 is 3.14. The molecule has 2 aromatic carbocycles. The second-order valence-electron chi connectivity index (χ2n) is 4.14. The third-order valence-electron chi connectivity index (χ3n) is 2.57. The summed E-state index contributed by atoms with van der Waals surface area (Å²) in [5, 5.41) is 2.63. The second-order valence-corrected chi connectivity index (χ2v) is 5.05. The molecule has 2 aromatic rings. The third-order valence-corrected chi connectivity index (χ3v) is 3.06. The van der Waals surface area contributed by atoms with E-state index in [1.807, 2.05) is 0 Å². The molecule has 0 aromatic heterocycles. The van der Waals surface area contributed by atoms with E-state index in [1.165, 1.54) is 12.1 Å². The quantitative estimate of drug-likeness (QED) is 0.858. The largest absolute Gasteiger partial charge is 0.481 e. The van der Waals surface area contributed by atoms with Crippen molar-refractivity contribution in [2.45, 2.75) is 0 Å². The van der Waals surface area contributed by atoms with E-state index in [9.17, 15) is 9.18 Å².